The lowest BCUT2D eigenvalue weighted by molar-refractivity contribution is -0.122. The van der Waals surface area contributed by atoms with Crippen LogP contribution < -0.4 is 5.32 Å². The molecule has 7 heteroatoms. The van der Waals surface area contributed by atoms with Crippen LogP contribution in [-0.2, 0) is 11.3 Å². The Hall–Kier alpha value is -3.06. The average Bonchev–Trinajstić information content (AvgIpc) is 2.98. The molecule has 0 unspecified atom stereocenters. The highest BCUT2D eigenvalue weighted by molar-refractivity contribution is 8.18. The van der Waals surface area contributed by atoms with Crippen LogP contribution in [0.2, 0.25) is 0 Å². The number of rotatable bonds is 7. The highest BCUT2D eigenvalue weighted by atomic mass is 32.2. The van der Waals surface area contributed by atoms with Crippen LogP contribution in [0.5, 0.6) is 0 Å². The van der Waals surface area contributed by atoms with E-state index in [9.17, 15) is 9.59 Å². The Morgan fingerprint density at radius 2 is 1.93 bits per heavy atom. The van der Waals surface area contributed by atoms with Crippen molar-refractivity contribution in [3.05, 3.63) is 70.8 Å². The Bertz CT molecular complexity index is 1000. The van der Waals surface area contributed by atoms with E-state index in [1.54, 1.807) is 17.0 Å². The number of carbonyl (C=O) groups excluding carboxylic acids is 2. The first-order valence-electron chi connectivity index (χ1n) is 9.78. The number of nitrogens with one attached hydrogen (secondary N) is 1. The molecule has 1 aliphatic rings. The molecule has 1 aliphatic heterocycles. The first kappa shape index (κ1) is 21.6. The van der Waals surface area contributed by atoms with Crippen LogP contribution in [0.4, 0.5) is 11.4 Å². The van der Waals surface area contributed by atoms with E-state index < -0.39 is 0 Å². The Kier molecular flexibility index (Phi) is 6.95. The summed E-state index contributed by atoms with van der Waals surface area (Å²) in [6, 6.07) is 15.3. The van der Waals surface area contributed by atoms with Crippen molar-refractivity contribution in [2.75, 3.05) is 26.0 Å². The van der Waals surface area contributed by atoms with Gasteiger partial charge in [-0.3, -0.25) is 14.5 Å². The third kappa shape index (κ3) is 5.10. The third-order valence-electron chi connectivity index (χ3n) is 4.43. The van der Waals surface area contributed by atoms with Crippen molar-refractivity contribution in [1.82, 2.24) is 9.80 Å². The Morgan fingerprint density at radius 3 is 2.57 bits per heavy atom. The summed E-state index contributed by atoms with van der Waals surface area (Å²) in [4.78, 5) is 33.9. The number of thioether (sulfide) groups is 1. The normalized spacial score (nSPS) is 16.4. The summed E-state index contributed by atoms with van der Waals surface area (Å²) in [5.74, 6) is -0.104. The molecular formula is C23H26N4O2S. The Balaban J connectivity index is 2.05. The molecule has 2 aromatic rings. The number of benzene rings is 2. The van der Waals surface area contributed by atoms with Crippen molar-refractivity contribution in [2.45, 2.75) is 20.4 Å². The minimum Gasteiger partial charge on any atom is -0.384 e. The molecule has 1 saturated heterocycles. The minimum atomic E-state index is -0.0796. The lowest BCUT2D eigenvalue weighted by Gasteiger charge is -2.17. The second-order valence-corrected chi connectivity index (χ2v) is 8.16. The fraction of sp³-hybridized carbons (Fsp3) is 0.261. The first-order chi connectivity index (χ1) is 14.4. The molecule has 0 spiro atoms. The molecule has 156 valence electrons. The fourth-order valence-corrected chi connectivity index (χ4v) is 4.07. The van der Waals surface area contributed by atoms with E-state index in [2.05, 4.69) is 5.32 Å². The fourth-order valence-electron chi connectivity index (χ4n) is 3.01. The van der Waals surface area contributed by atoms with E-state index in [0.717, 1.165) is 17.8 Å². The number of hydrogen-bond acceptors (Lipinski definition) is 6. The summed E-state index contributed by atoms with van der Waals surface area (Å²) in [5, 5.41) is 3.88. The molecule has 1 amide bonds. The number of aliphatic imine (C=N–C) groups is 1. The van der Waals surface area contributed by atoms with Crippen LogP contribution in [0.3, 0.4) is 0 Å². The number of nitrogens with zero attached hydrogens (tertiary/aromatic N) is 3. The average molecular weight is 423 g/mol. The lowest BCUT2D eigenvalue weighted by Crippen LogP contribution is -2.28. The van der Waals surface area contributed by atoms with Crippen LogP contribution in [-0.4, -0.2) is 47.3 Å². The molecule has 2 aromatic carbocycles. The summed E-state index contributed by atoms with van der Waals surface area (Å²) >= 11 is 1.34. The zero-order valence-electron chi connectivity index (χ0n) is 17.7. The zero-order valence-corrected chi connectivity index (χ0v) is 18.5. The van der Waals surface area contributed by atoms with E-state index in [4.69, 9.17) is 4.99 Å². The molecule has 0 aromatic heterocycles. The number of Topliss-reactive ketones (excluding diaryl/α,β-unsaturated/α-hetero) is 1. The predicted molar refractivity (Wildman–Crippen MR) is 124 cm³/mol. The molecule has 6 nitrogen and oxygen atoms in total. The number of hydrogen-bond donors (Lipinski definition) is 1. The smallest absolute Gasteiger partial charge is 0.268 e. The third-order valence-corrected chi connectivity index (χ3v) is 5.43. The Labute approximate surface area is 181 Å². The SMILES string of the molecule is CCNc1ccc(C(C)=O)cc1/N=C1\S/C(=C\N(C)C)C(=O)N1Cc1ccccc1. The van der Waals surface area contributed by atoms with Crippen LogP contribution in [0, 0.1) is 0 Å². The number of amides is 1. The highest BCUT2D eigenvalue weighted by Gasteiger charge is 2.34. The van der Waals surface area contributed by atoms with Crippen molar-refractivity contribution in [3.8, 4) is 0 Å². The van der Waals surface area contributed by atoms with Gasteiger partial charge in [-0.1, -0.05) is 30.3 Å². The van der Waals surface area contributed by atoms with E-state index in [0.29, 0.717) is 27.9 Å². The van der Waals surface area contributed by atoms with Crippen molar-refractivity contribution >= 4 is 40.0 Å². The quantitative estimate of drug-likeness (QED) is 0.526. The molecule has 3 rings (SSSR count). The maximum absolute atomic E-state index is 13.1. The topological polar surface area (TPSA) is 65.0 Å². The maximum atomic E-state index is 13.1. The summed E-state index contributed by atoms with van der Waals surface area (Å²) in [5.41, 5.74) is 3.08. The molecule has 0 saturated carbocycles. The molecule has 0 radical (unpaired) electrons. The van der Waals surface area contributed by atoms with Gasteiger partial charge in [0.2, 0.25) is 0 Å². The van der Waals surface area contributed by atoms with Gasteiger partial charge in [-0.25, -0.2) is 4.99 Å². The van der Waals surface area contributed by atoms with E-state index in [1.165, 1.54) is 18.7 Å². The molecule has 1 heterocycles. The van der Waals surface area contributed by atoms with E-state index >= 15 is 0 Å². The summed E-state index contributed by atoms with van der Waals surface area (Å²) in [7, 11) is 3.77. The molecular weight excluding hydrogens is 396 g/mol. The van der Waals surface area contributed by atoms with Crippen LogP contribution in [0.15, 0.2) is 64.6 Å². The van der Waals surface area contributed by atoms with Gasteiger partial charge < -0.3 is 10.2 Å². The molecule has 1 N–H and O–H groups in total. The standard InChI is InChI=1S/C23H26N4O2S/c1-5-24-19-12-11-18(16(2)28)13-20(19)25-23-27(14-17-9-7-6-8-10-17)22(29)21(30-23)15-26(3)4/h6-13,15,24H,5,14H2,1-4H3/b21-15-,25-23-. The van der Waals surface area contributed by atoms with E-state index in [1.807, 2.05) is 68.5 Å². The van der Waals surface area contributed by atoms with Crippen molar-refractivity contribution < 1.29 is 9.59 Å². The second kappa shape index (κ2) is 9.63. The van der Waals surface area contributed by atoms with Gasteiger partial charge in [0.25, 0.3) is 5.91 Å². The van der Waals surface area contributed by atoms with Crippen molar-refractivity contribution in [1.29, 1.82) is 0 Å². The highest BCUT2D eigenvalue weighted by Crippen LogP contribution is 2.36. The van der Waals surface area contributed by atoms with Gasteiger partial charge in [0.15, 0.2) is 11.0 Å². The predicted octanol–water partition coefficient (Wildman–Crippen LogP) is 4.49. The lowest BCUT2D eigenvalue weighted by atomic mass is 10.1. The van der Waals surface area contributed by atoms with Gasteiger partial charge >= 0.3 is 0 Å². The van der Waals surface area contributed by atoms with Gasteiger partial charge in [0, 0.05) is 32.4 Å². The van der Waals surface area contributed by atoms with Gasteiger partial charge in [0.1, 0.15) is 0 Å². The summed E-state index contributed by atoms with van der Waals surface area (Å²) in [6.45, 7) is 4.69. The molecule has 0 bridgehead atoms. The van der Waals surface area contributed by atoms with E-state index in [-0.39, 0.29) is 11.7 Å². The number of anilines is 1. The largest absolute Gasteiger partial charge is 0.384 e. The molecule has 1 fully saturated rings. The van der Waals surface area contributed by atoms with Crippen LogP contribution >= 0.6 is 11.8 Å². The maximum Gasteiger partial charge on any atom is 0.268 e. The van der Waals surface area contributed by atoms with Crippen LogP contribution in [0.25, 0.3) is 0 Å². The second-order valence-electron chi connectivity index (χ2n) is 7.15. The molecule has 0 aliphatic carbocycles. The first-order valence-corrected chi connectivity index (χ1v) is 10.6. The molecule has 30 heavy (non-hydrogen) atoms. The summed E-state index contributed by atoms with van der Waals surface area (Å²) in [6.07, 6.45) is 1.81. The summed E-state index contributed by atoms with van der Waals surface area (Å²) < 4.78 is 0. The van der Waals surface area contributed by atoms with Gasteiger partial charge in [0.05, 0.1) is 22.8 Å². The van der Waals surface area contributed by atoms with Crippen LogP contribution in [0.1, 0.15) is 29.8 Å². The molecule has 0 atom stereocenters. The van der Waals surface area contributed by atoms with Crippen molar-refractivity contribution in [2.24, 2.45) is 4.99 Å². The van der Waals surface area contributed by atoms with Crippen molar-refractivity contribution in [3.63, 3.8) is 0 Å². The number of amidine groups is 1. The van der Waals surface area contributed by atoms with Gasteiger partial charge in [-0.15, -0.1) is 0 Å². The number of carbonyl (C=O) groups is 2. The Morgan fingerprint density at radius 1 is 1.20 bits per heavy atom. The number of ketones is 1. The zero-order chi connectivity index (χ0) is 21.7. The monoisotopic (exact) mass is 422 g/mol. The van der Waals surface area contributed by atoms with Gasteiger partial charge in [-0.05, 0) is 49.4 Å². The van der Waals surface area contributed by atoms with Gasteiger partial charge in [-0.2, -0.15) is 0 Å². The minimum absolute atomic E-state index is 0.0241.